The van der Waals surface area contributed by atoms with Crippen molar-refractivity contribution in [1.82, 2.24) is 5.16 Å². The highest BCUT2D eigenvalue weighted by Gasteiger charge is 2.20. The van der Waals surface area contributed by atoms with Gasteiger partial charge in [-0.1, -0.05) is 36.3 Å². The molecule has 4 nitrogen and oxygen atoms in total. The van der Waals surface area contributed by atoms with Crippen LogP contribution in [-0.2, 0) is 6.42 Å². The molecule has 0 atom stereocenters. The third-order valence-corrected chi connectivity index (χ3v) is 3.20. The number of carboxylic acids is 1. The van der Waals surface area contributed by atoms with Crippen LogP contribution in [0, 0.1) is 0 Å². The van der Waals surface area contributed by atoms with E-state index in [-0.39, 0.29) is 5.69 Å². The van der Waals surface area contributed by atoms with Crippen LogP contribution in [0.3, 0.4) is 0 Å². The third kappa shape index (κ3) is 2.24. The van der Waals surface area contributed by atoms with Crippen LogP contribution in [0.5, 0.6) is 0 Å². The molecule has 0 radical (unpaired) electrons. The summed E-state index contributed by atoms with van der Waals surface area (Å²) < 4.78 is 5.41. The Morgan fingerprint density at radius 1 is 1.41 bits per heavy atom. The van der Waals surface area contributed by atoms with Crippen LogP contribution in [0.25, 0.3) is 11.3 Å². The highest BCUT2D eigenvalue weighted by Crippen LogP contribution is 2.31. The summed E-state index contributed by atoms with van der Waals surface area (Å²) in [6.07, 6.45) is 0.957. The largest absolute Gasteiger partial charge is 0.476 e. The lowest BCUT2D eigenvalue weighted by molar-refractivity contribution is 0.0685. The lowest BCUT2D eigenvalue weighted by Gasteiger charge is -1.99. The fourth-order valence-corrected chi connectivity index (χ4v) is 2.03. The molecule has 2 aromatic rings. The molecule has 88 valence electrons. The highest BCUT2D eigenvalue weighted by atomic mass is 79.9. The van der Waals surface area contributed by atoms with Crippen molar-refractivity contribution in [3.05, 3.63) is 40.0 Å². The molecule has 1 heterocycles. The molecule has 5 heteroatoms. The molecule has 0 spiro atoms. The van der Waals surface area contributed by atoms with Crippen molar-refractivity contribution < 1.29 is 14.4 Å². The van der Waals surface area contributed by atoms with Gasteiger partial charge in [-0.3, -0.25) is 0 Å². The van der Waals surface area contributed by atoms with E-state index in [1.54, 1.807) is 0 Å². The molecule has 1 aromatic heterocycles. The van der Waals surface area contributed by atoms with Crippen LogP contribution in [0.4, 0.5) is 0 Å². The number of carbonyl (C=O) groups is 1. The maximum Gasteiger partial charge on any atom is 0.359 e. The number of aryl methyl sites for hydroxylation is 1. The van der Waals surface area contributed by atoms with Gasteiger partial charge in [-0.05, 0) is 27.9 Å². The Balaban J connectivity index is 2.42. The molecular weight excluding hydrogens is 286 g/mol. The Morgan fingerprint density at radius 2 is 2.06 bits per heavy atom. The Bertz CT molecular complexity index is 545. The topological polar surface area (TPSA) is 63.3 Å². The molecule has 17 heavy (non-hydrogen) atoms. The maximum absolute atomic E-state index is 10.8. The van der Waals surface area contributed by atoms with Crippen molar-refractivity contribution in [3.8, 4) is 11.3 Å². The quantitative estimate of drug-likeness (QED) is 0.943. The molecule has 0 aliphatic heterocycles. The number of hydrogen-bond acceptors (Lipinski definition) is 3. The minimum atomic E-state index is -1.11. The number of aromatic carboxylic acids is 1. The van der Waals surface area contributed by atoms with E-state index >= 15 is 0 Å². The molecule has 2 rings (SSSR count). The van der Waals surface area contributed by atoms with Crippen LogP contribution in [0.1, 0.15) is 23.0 Å². The van der Waals surface area contributed by atoms with E-state index in [0.29, 0.717) is 10.2 Å². The molecule has 0 amide bonds. The molecule has 1 N–H and O–H groups in total. The van der Waals surface area contributed by atoms with Gasteiger partial charge in [0.2, 0.25) is 5.69 Å². The Kier molecular flexibility index (Phi) is 3.28. The minimum Gasteiger partial charge on any atom is -0.476 e. The first-order valence-electron chi connectivity index (χ1n) is 5.11. The van der Waals surface area contributed by atoms with Gasteiger partial charge in [0.25, 0.3) is 0 Å². The van der Waals surface area contributed by atoms with Crippen molar-refractivity contribution in [2.24, 2.45) is 0 Å². The summed E-state index contributed by atoms with van der Waals surface area (Å²) in [5.41, 5.74) is 1.90. The summed E-state index contributed by atoms with van der Waals surface area (Å²) in [4.78, 5) is 10.8. The summed E-state index contributed by atoms with van der Waals surface area (Å²) in [5, 5.41) is 12.4. The monoisotopic (exact) mass is 295 g/mol. The van der Waals surface area contributed by atoms with Gasteiger partial charge in [-0.2, -0.15) is 0 Å². The molecule has 0 fully saturated rings. The fourth-order valence-electron chi connectivity index (χ4n) is 1.48. The van der Waals surface area contributed by atoms with Crippen LogP contribution < -0.4 is 0 Å². The number of benzene rings is 1. The number of rotatable bonds is 3. The second-order valence-corrected chi connectivity index (χ2v) is 4.32. The summed E-state index contributed by atoms with van der Waals surface area (Å²) in [5.74, 6) is -0.679. The van der Waals surface area contributed by atoms with Crippen LogP contribution >= 0.6 is 15.9 Å². The van der Waals surface area contributed by atoms with Gasteiger partial charge in [-0.15, -0.1) is 0 Å². The standard InChI is InChI=1S/C12H10BrNO3/c1-2-7-3-5-8(6-4-7)11-9(13)10(12(15)16)14-17-11/h3-6H,2H2,1H3,(H,15,16). The molecule has 0 aliphatic carbocycles. The number of aromatic nitrogens is 1. The summed E-state index contributed by atoms with van der Waals surface area (Å²) in [6, 6.07) is 7.72. The molecule has 1 aromatic carbocycles. The first-order valence-corrected chi connectivity index (χ1v) is 5.90. The third-order valence-electron chi connectivity index (χ3n) is 2.46. The van der Waals surface area contributed by atoms with Gasteiger partial charge in [0, 0.05) is 5.56 Å². The first kappa shape index (κ1) is 11.9. The van der Waals surface area contributed by atoms with Crippen molar-refractivity contribution in [2.45, 2.75) is 13.3 Å². The van der Waals surface area contributed by atoms with Gasteiger partial charge in [0.15, 0.2) is 5.76 Å². The average Bonchev–Trinajstić information content (AvgIpc) is 2.71. The maximum atomic E-state index is 10.8. The molecule has 0 unspecified atom stereocenters. The molecule has 0 bridgehead atoms. The number of carboxylic acid groups (broad SMARTS) is 1. The number of nitrogens with zero attached hydrogens (tertiary/aromatic N) is 1. The van der Waals surface area contributed by atoms with E-state index in [9.17, 15) is 4.79 Å². The first-order chi connectivity index (χ1) is 8.13. The van der Waals surface area contributed by atoms with Crippen molar-refractivity contribution >= 4 is 21.9 Å². The predicted octanol–water partition coefficient (Wildman–Crippen LogP) is 3.36. The smallest absolute Gasteiger partial charge is 0.359 e. The Labute approximate surface area is 106 Å². The van der Waals surface area contributed by atoms with Crippen molar-refractivity contribution in [2.75, 3.05) is 0 Å². The minimum absolute atomic E-state index is 0.112. The van der Waals surface area contributed by atoms with Crippen LogP contribution in [0.15, 0.2) is 33.3 Å². The van der Waals surface area contributed by atoms with E-state index < -0.39 is 5.97 Å². The van der Waals surface area contributed by atoms with Gasteiger partial charge < -0.3 is 9.63 Å². The molecule has 0 saturated heterocycles. The normalized spacial score (nSPS) is 10.5. The SMILES string of the molecule is CCc1ccc(-c2onc(C(=O)O)c2Br)cc1. The average molecular weight is 296 g/mol. The number of halogens is 1. The second kappa shape index (κ2) is 4.71. The van der Waals surface area contributed by atoms with E-state index in [2.05, 4.69) is 28.0 Å². The number of hydrogen-bond donors (Lipinski definition) is 1. The van der Waals surface area contributed by atoms with Crippen molar-refractivity contribution in [1.29, 1.82) is 0 Å². The van der Waals surface area contributed by atoms with E-state index in [1.807, 2.05) is 24.3 Å². The molecular formula is C12H10BrNO3. The Hall–Kier alpha value is -1.62. The van der Waals surface area contributed by atoms with Gasteiger partial charge in [0.1, 0.15) is 4.47 Å². The van der Waals surface area contributed by atoms with Gasteiger partial charge in [0.05, 0.1) is 0 Å². The van der Waals surface area contributed by atoms with Crippen LogP contribution in [-0.4, -0.2) is 16.2 Å². The summed E-state index contributed by atoms with van der Waals surface area (Å²) in [6.45, 7) is 2.07. The molecule has 0 aliphatic rings. The van der Waals surface area contributed by atoms with Gasteiger partial charge in [-0.25, -0.2) is 4.79 Å². The van der Waals surface area contributed by atoms with E-state index in [4.69, 9.17) is 9.63 Å². The fraction of sp³-hybridized carbons (Fsp3) is 0.167. The second-order valence-electron chi connectivity index (χ2n) is 3.53. The zero-order valence-corrected chi connectivity index (χ0v) is 10.7. The summed E-state index contributed by atoms with van der Waals surface area (Å²) >= 11 is 3.19. The zero-order valence-electron chi connectivity index (χ0n) is 9.11. The lowest BCUT2D eigenvalue weighted by atomic mass is 10.1. The van der Waals surface area contributed by atoms with E-state index in [1.165, 1.54) is 5.56 Å². The molecule has 0 saturated carbocycles. The lowest BCUT2D eigenvalue weighted by Crippen LogP contribution is -1.96. The van der Waals surface area contributed by atoms with Gasteiger partial charge >= 0.3 is 5.97 Å². The Morgan fingerprint density at radius 3 is 2.53 bits per heavy atom. The zero-order chi connectivity index (χ0) is 12.4. The predicted molar refractivity (Wildman–Crippen MR) is 66.0 cm³/mol. The summed E-state index contributed by atoms with van der Waals surface area (Å²) in [7, 11) is 0. The van der Waals surface area contributed by atoms with E-state index in [0.717, 1.165) is 12.0 Å². The van der Waals surface area contributed by atoms with Crippen molar-refractivity contribution in [3.63, 3.8) is 0 Å². The highest BCUT2D eigenvalue weighted by molar-refractivity contribution is 9.10. The van der Waals surface area contributed by atoms with Crippen LogP contribution in [0.2, 0.25) is 0 Å².